The Bertz CT molecular complexity index is 628. The number of hydrogen-bond acceptors (Lipinski definition) is 4. The number of nitrogens with one attached hydrogen (secondary N) is 1. The summed E-state index contributed by atoms with van der Waals surface area (Å²) in [5, 5.41) is 3.43. The van der Waals surface area contributed by atoms with E-state index in [1.807, 2.05) is 18.2 Å². The zero-order chi connectivity index (χ0) is 14.7. The number of ether oxygens (including phenoxy) is 2. The maximum atomic E-state index is 5.48. The molecule has 0 amide bonds. The smallest absolute Gasteiger partial charge is 0.124 e. The standard InChI is InChI=1S/C17H20N2O2/c1-20-14-7-8-17(21-2)13(11-14)12-19-10-9-18-15-5-3-4-6-16(15)19/h3-8,11,18H,9-10,12H2,1-2H3. The predicted octanol–water partition coefficient (Wildman–Crippen LogP) is 3.14. The number of hydrogen-bond donors (Lipinski definition) is 1. The van der Waals surface area contributed by atoms with Gasteiger partial charge in [-0.05, 0) is 30.3 Å². The summed E-state index contributed by atoms with van der Waals surface area (Å²) in [6.07, 6.45) is 0. The summed E-state index contributed by atoms with van der Waals surface area (Å²) in [7, 11) is 3.39. The van der Waals surface area contributed by atoms with Crippen LogP contribution in [0.1, 0.15) is 5.56 Å². The molecule has 110 valence electrons. The van der Waals surface area contributed by atoms with Crippen LogP contribution in [0.25, 0.3) is 0 Å². The van der Waals surface area contributed by atoms with Crippen LogP contribution in [0, 0.1) is 0 Å². The van der Waals surface area contributed by atoms with Gasteiger partial charge in [0.25, 0.3) is 0 Å². The molecule has 0 saturated carbocycles. The first-order valence-corrected chi connectivity index (χ1v) is 7.10. The third-order valence-electron chi connectivity index (χ3n) is 3.79. The second kappa shape index (κ2) is 5.95. The Labute approximate surface area is 125 Å². The van der Waals surface area contributed by atoms with Crippen molar-refractivity contribution in [3.63, 3.8) is 0 Å². The number of methoxy groups -OCH3 is 2. The predicted molar refractivity (Wildman–Crippen MR) is 85.5 cm³/mol. The number of benzene rings is 2. The molecule has 3 rings (SSSR count). The highest BCUT2D eigenvalue weighted by molar-refractivity contribution is 5.72. The molecule has 2 aromatic rings. The molecular formula is C17H20N2O2. The molecule has 1 N–H and O–H groups in total. The third-order valence-corrected chi connectivity index (χ3v) is 3.79. The second-order valence-corrected chi connectivity index (χ2v) is 5.04. The quantitative estimate of drug-likeness (QED) is 0.935. The highest BCUT2D eigenvalue weighted by Gasteiger charge is 2.17. The number of rotatable bonds is 4. The van der Waals surface area contributed by atoms with Crippen LogP contribution in [0.4, 0.5) is 11.4 Å². The number of nitrogens with zero attached hydrogens (tertiary/aromatic N) is 1. The zero-order valence-corrected chi connectivity index (χ0v) is 12.4. The van der Waals surface area contributed by atoms with Crippen molar-refractivity contribution in [1.29, 1.82) is 0 Å². The van der Waals surface area contributed by atoms with Crippen LogP contribution in [0.2, 0.25) is 0 Å². The first-order valence-electron chi connectivity index (χ1n) is 7.10. The van der Waals surface area contributed by atoms with Gasteiger partial charge in [-0.1, -0.05) is 12.1 Å². The van der Waals surface area contributed by atoms with E-state index < -0.39 is 0 Å². The van der Waals surface area contributed by atoms with Gasteiger partial charge in [0.15, 0.2) is 0 Å². The Morgan fingerprint density at radius 1 is 1.10 bits per heavy atom. The molecule has 2 aromatic carbocycles. The van der Waals surface area contributed by atoms with Crippen LogP contribution in [0.15, 0.2) is 42.5 Å². The topological polar surface area (TPSA) is 33.7 Å². The Morgan fingerprint density at radius 2 is 1.95 bits per heavy atom. The summed E-state index contributed by atoms with van der Waals surface area (Å²) in [6.45, 7) is 2.72. The van der Waals surface area contributed by atoms with Crippen LogP contribution in [-0.2, 0) is 6.54 Å². The van der Waals surface area contributed by atoms with E-state index in [2.05, 4.69) is 34.5 Å². The summed E-state index contributed by atoms with van der Waals surface area (Å²) >= 11 is 0. The minimum atomic E-state index is 0.805. The van der Waals surface area contributed by atoms with Crippen LogP contribution >= 0.6 is 0 Å². The van der Waals surface area contributed by atoms with Crippen molar-refractivity contribution >= 4 is 11.4 Å². The molecule has 4 heteroatoms. The first kappa shape index (κ1) is 13.6. The van der Waals surface area contributed by atoms with Gasteiger partial charge >= 0.3 is 0 Å². The summed E-state index contributed by atoms with van der Waals surface area (Å²) in [4.78, 5) is 2.36. The molecule has 0 aliphatic carbocycles. The molecule has 0 bridgehead atoms. The molecule has 0 aromatic heterocycles. The molecule has 1 aliphatic heterocycles. The number of para-hydroxylation sites is 2. The maximum absolute atomic E-state index is 5.48. The van der Waals surface area contributed by atoms with Crippen LogP contribution < -0.4 is 19.7 Å². The highest BCUT2D eigenvalue weighted by atomic mass is 16.5. The van der Waals surface area contributed by atoms with Gasteiger partial charge in [0.1, 0.15) is 11.5 Å². The van der Waals surface area contributed by atoms with Crippen molar-refractivity contribution in [1.82, 2.24) is 0 Å². The number of fused-ring (bicyclic) bond motifs is 1. The molecule has 4 nitrogen and oxygen atoms in total. The fourth-order valence-electron chi connectivity index (χ4n) is 2.72. The Hall–Kier alpha value is -2.36. The van der Waals surface area contributed by atoms with Gasteiger partial charge in [-0.2, -0.15) is 0 Å². The van der Waals surface area contributed by atoms with E-state index in [0.29, 0.717) is 0 Å². The third kappa shape index (κ3) is 2.75. The lowest BCUT2D eigenvalue weighted by atomic mass is 10.1. The lowest BCUT2D eigenvalue weighted by Gasteiger charge is -2.32. The SMILES string of the molecule is COc1ccc(OC)c(CN2CCNc3ccccc32)c1. The van der Waals surface area contributed by atoms with Crippen LogP contribution in [0.5, 0.6) is 11.5 Å². The molecule has 0 spiro atoms. The average molecular weight is 284 g/mol. The van der Waals surface area contributed by atoms with Gasteiger partial charge in [-0.25, -0.2) is 0 Å². The normalized spacial score (nSPS) is 13.3. The Balaban J connectivity index is 1.90. The lowest BCUT2D eigenvalue weighted by Crippen LogP contribution is -2.33. The molecule has 0 atom stereocenters. The van der Waals surface area contributed by atoms with Crippen molar-refractivity contribution in [2.24, 2.45) is 0 Å². The van der Waals surface area contributed by atoms with Gasteiger partial charge in [-0.3, -0.25) is 0 Å². The first-order chi connectivity index (χ1) is 10.3. The van der Waals surface area contributed by atoms with Crippen molar-refractivity contribution in [2.75, 3.05) is 37.5 Å². The minimum absolute atomic E-state index is 0.805. The van der Waals surface area contributed by atoms with Crippen molar-refractivity contribution < 1.29 is 9.47 Å². The number of anilines is 2. The molecule has 1 heterocycles. The molecular weight excluding hydrogens is 264 g/mol. The van der Waals surface area contributed by atoms with Crippen LogP contribution in [-0.4, -0.2) is 27.3 Å². The molecule has 0 unspecified atom stereocenters. The van der Waals surface area contributed by atoms with Crippen molar-refractivity contribution in [3.05, 3.63) is 48.0 Å². The largest absolute Gasteiger partial charge is 0.497 e. The molecule has 0 saturated heterocycles. The maximum Gasteiger partial charge on any atom is 0.124 e. The summed E-state index contributed by atoms with van der Waals surface area (Å²) in [5.41, 5.74) is 3.55. The van der Waals surface area contributed by atoms with Crippen LogP contribution in [0.3, 0.4) is 0 Å². The van der Waals surface area contributed by atoms with Gasteiger partial charge < -0.3 is 19.7 Å². The second-order valence-electron chi connectivity index (χ2n) is 5.04. The zero-order valence-electron chi connectivity index (χ0n) is 12.4. The van der Waals surface area contributed by atoms with E-state index >= 15 is 0 Å². The van der Waals surface area contributed by atoms with E-state index in [4.69, 9.17) is 9.47 Å². The molecule has 1 aliphatic rings. The van der Waals surface area contributed by atoms with Crippen molar-refractivity contribution in [2.45, 2.75) is 6.54 Å². The molecule has 21 heavy (non-hydrogen) atoms. The van der Waals surface area contributed by atoms with Gasteiger partial charge in [0.2, 0.25) is 0 Å². The fourth-order valence-corrected chi connectivity index (χ4v) is 2.72. The fraction of sp³-hybridized carbons (Fsp3) is 0.294. The van der Waals surface area contributed by atoms with E-state index in [0.717, 1.165) is 36.7 Å². The van der Waals surface area contributed by atoms with E-state index in [1.54, 1.807) is 14.2 Å². The minimum Gasteiger partial charge on any atom is -0.497 e. The van der Waals surface area contributed by atoms with Gasteiger partial charge in [0, 0.05) is 25.2 Å². The monoisotopic (exact) mass is 284 g/mol. The van der Waals surface area contributed by atoms with E-state index in [-0.39, 0.29) is 0 Å². The average Bonchev–Trinajstić information content (AvgIpc) is 2.55. The lowest BCUT2D eigenvalue weighted by molar-refractivity contribution is 0.398. The summed E-state index contributed by atoms with van der Waals surface area (Å²) in [6, 6.07) is 14.3. The van der Waals surface area contributed by atoms with Crippen molar-refractivity contribution in [3.8, 4) is 11.5 Å². The van der Waals surface area contributed by atoms with Gasteiger partial charge in [-0.15, -0.1) is 0 Å². The Morgan fingerprint density at radius 3 is 2.76 bits per heavy atom. The molecule has 0 radical (unpaired) electrons. The van der Waals surface area contributed by atoms with E-state index in [1.165, 1.54) is 11.4 Å². The van der Waals surface area contributed by atoms with Gasteiger partial charge in [0.05, 0.1) is 25.6 Å². The highest BCUT2D eigenvalue weighted by Crippen LogP contribution is 2.32. The summed E-state index contributed by atoms with van der Waals surface area (Å²) in [5.74, 6) is 1.75. The molecule has 0 fully saturated rings. The Kier molecular flexibility index (Phi) is 3.86. The summed E-state index contributed by atoms with van der Waals surface area (Å²) < 4.78 is 10.8. The van der Waals surface area contributed by atoms with E-state index in [9.17, 15) is 0 Å².